The van der Waals surface area contributed by atoms with E-state index in [9.17, 15) is 0 Å². The molecule has 96 valence electrons. The molecule has 0 spiro atoms. The van der Waals surface area contributed by atoms with E-state index < -0.39 is 0 Å². The van der Waals surface area contributed by atoms with Crippen LogP contribution in [0.2, 0.25) is 5.02 Å². The second-order valence-corrected chi connectivity index (χ2v) is 5.05. The van der Waals surface area contributed by atoms with Crippen molar-refractivity contribution >= 4 is 11.6 Å². The van der Waals surface area contributed by atoms with Gasteiger partial charge in [0.2, 0.25) is 0 Å². The van der Waals surface area contributed by atoms with Crippen LogP contribution in [0.4, 0.5) is 0 Å². The summed E-state index contributed by atoms with van der Waals surface area (Å²) < 4.78 is 1.82. The van der Waals surface area contributed by atoms with Crippen LogP contribution in [0, 0.1) is 0 Å². The molecule has 1 N–H and O–H groups in total. The van der Waals surface area contributed by atoms with Gasteiger partial charge in [-0.1, -0.05) is 23.7 Å². The van der Waals surface area contributed by atoms with Gasteiger partial charge in [0, 0.05) is 35.9 Å². The molecule has 0 radical (unpaired) electrons. The zero-order valence-electron chi connectivity index (χ0n) is 10.9. The Kier molecular flexibility index (Phi) is 4.04. The zero-order valence-corrected chi connectivity index (χ0v) is 11.6. The maximum Gasteiger partial charge on any atom is 0.0537 e. The van der Waals surface area contributed by atoms with Gasteiger partial charge < -0.3 is 5.32 Å². The lowest BCUT2D eigenvalue weighted by atomic mass is 10.1. The Morgan fingerprint density at radius 3 is 2.28 bits per heavy atom. The summed E-state index contributed by atoms with van der Waals surface area (Å²) in [5, 5.41) is 8.51. The molecule has 3 nitrogen and oxygen atoms in total. The predicted octanol–water partition coefficient (Wildman–Crippen LogP) is 3.49. The van der Waals surface area contributed by atoms with Crippen molar-refractivity contribution in [1.82, 2.24) is 15.1 Å². The largest absolute Gasteiger partial charge is 0.304 e. The van der Waals surface area contributed by atoms with Gasteiger partial charge in [-0.2, -0.15) is 5.10 Å². The van der Waals surface area contributed by atoms with Crippen molar-refractivity contribution in [3.63, 3.8) is 0 Å². The number of aromatic nitrogens is 2. The maximum absolute atomic E-state index is 5.89. The zero-order chi connectivity index (χ0) is 13.1. The van der Waals surface area contributed by atoms with Gasteiger partial charge >= 0.3 is 0 Å². The van der Waals surface area contributed by atoms with E-state index in [1.807, 2.05) is 36.3 Å². The highest BCUT2D eigenvalue weighted by Gasteiger charge is 2.12. The fourth-order valence-electron chi connectivity index (χ4n) is 1.98. The first-order chi connectivity index (χ1) is 8.56. The molecule has 0 bridgehead atoms. The van der Waals surface area contributed by atoms with Crippen molar-refractivity contribution < 1.29 is 0 Å². The molecule has 2 atom stereocenters. The van der Waals surface area contributed by atoms with Crippen LogP contribution in [0.15, 0.2) is 36.7 Å². The maximum atomic E-state index is 5.89. The third-order valence-electron chi connectivity index (χ3n) is 3.09. The molecular formula is C14H18ClN3. The highest BCUT2D eigenvalue weighted by Crippen LogP contribution is 2.20. The summed E-state index contributed by atoms with van der Waals surface area (Å²) in [6.45, 7) is 4.29. The minimum Gasteiger partial charge on any atom is -0.304 e. The summed E-state index contributed by atoms with van der Waals surface area (Å²) in [5.74, 6) is 0. The Morgan fingerprint density at radius 1 is 1.11 bits per heavy atom. The summed E-state index contributed by atoms with van der Waals surface area (Å²) >= 11 is 5.89. The number of nitrogens with zero attached hydrogens (tertiary/aromatic N) is 2. The van der Waals surface area contributed by atoms with E-state index in [1.165, 1.54) is 11.1 Å². The number of aryl methyl sites for hydroxylation is 1. The Balaban J connectivity index is 2.02. The lowest BCUT2D eigenvalue weighted by Gasteiger charge is -2.19. The number of nitrogens with one attached hydrogen (secondary N) is 1. The second-order valence-electron chi connectivity index (χ2n) is 4.61. The van der Waals surface area contributed by atoms with Crippen molar-refractivity contribution in [3.8, 4) is 0 Å². The molecule has 0 amide bonds. The van der Waals surface area contributed by atoms with Crippen LogP contribution < -0.4 is 5.32 Å². The van der Waals surface area contributed by atoms with Crippen molar-refractivity contribution in [3.05, 3.63) is 52.8 Å². The lowest BCUT2D eigenvalue weighted by Crippen LogP contribution is -2.22. The van der Waals surface area contributed by atoms with Crippen molar-refractivity contribution in [2.75, 3.05) is 0 Å². The Hall–Kier alpha value is -1.32. The van der Waals surface area contributed by atoms with Gasteiger partial charge in [0.15, 0.2) is 0 Å². The standard InChI is InChI=1S/C14H18ClN3/c1-10(12-4-6-14(15)7-5-12)17-11(2)13-8-16-18(3)9-13/h4-11,17H,1-3H3/t10-,11?/m1/s1. The number of rotatable bonds is 4. The highest BCUT2D eigenvalue weighted by atomic mass is 35.5. The molecular weight excluding hydrogens is 246 g/mol. The molecule has 0 aliphatic carbocycles. The van der Waals surface area contributed by atoms with Crippen molar-refractivity contribution in [2.45, 2.75) is 25.9 Å². The molecule has 0 aliphatic rings. The lowest BCUT2D eigenvalue weighted by molar-refractivity contribution is 0.494. The van der Waals surface area contributed by atoms with E-state index in [1.54, 1.807) is 0 Å². The summed E-state index contributed by atoms with van der Waals surface area (Å²) in [6, 6.07) is 8.49. The van der Waals surface area contributed by atoms with E-state index in [4.69, 9.17) is 11.6 Å². The van der Waals surface area contributed by atoms with Gasteiger partial charge in [-0.15, -0.1) is 0 Å². The van der Waals surface area contributed by atoms with Gasteiger partial charge in [0.05, 0.1) is 6.20 Å². The number of hydrogen-bond donors (Lipinski definition) is 1. The molecule has 0 saturated heterocycles. The number of halogens is 1. The third kappa shape index (κ3) is 3.12. The van der Waals surface area contributed by atoms with E-state index in [2.05, 4.69) is 36.4 Å². The normalized spacial score (nSPS) is 14.4. The van der Waals surface area contributed by atoms with Crippen molar-refractivity contribution in [2.24, 2.45) is 7.05 Å². The van der Waals surface area contributed by atoms with Gasteiger partial charge in [0.1, 0.15) is 0 Å². The summed E-state index contributed by atoms with van der Waals surface area (Å²) in [4.78, 5) is 0. The third-order valence-corrected chi connectivity index (χ3v) is 3.35. The quantitative estimate of drug-likeness (QED) is 0.915. The van der Waals surface area contributed by atoms with Crippen LogP contribution in [-0.4, -0.2) is 9.78 Å². The van der Waals surface area contributed by atoms with Crippen LogP contribution in [0.5, 0.6) is 0 Å². The molecule has 1 heterocycles. The Labute approximate surface area is 113 Å². The van der Waals surface area contributed by atoms with Crippen LogP contribution in [0.1, 0.15) is 37.1 Å². The fourth-order valence-corrected chi connectivity index (χ4v) is 2.11. The minimum absolute atomic E-state index is 0.268. The van der Waals surface area contributed by atoms with E-state index in [0.29, 0.717) is 0 Å². The van der Waals surface area contributed by atoms with Crippen LogP contribution >= 0.6 is 11.6 Å². The first kappa shape index (κ1) is 13.1. The molecule has 1 aromatic heterocycles. The van der Waals surface area contributed by atoms with Gasteiger partial charge in [0.25, 0.3) is 0 Å². The van der Waals surface area contributed by atoms with Gasteiger partial charge in [-0.05, 0) is 31.5 Å². The molecule has 2 rings (SSSR count). The van der Waals surface area contributed by atoms with Crippen LogP contribution in [-0.2, 0) is 7.05 Å². The minimum atomic E-state index is 0.268. The highest BCUT2D eigenvalue weighted by molar-refractivity contribution is 6.30. The second kappa shape index (κ2) is 5.55. The SMILES string of the molecule is CC(N[C@H](C)c1ccc(Cl)cc1)c1cnn(C)c1. The average Bonchev–Trinajstić information content (AvgIpc) is 2.76. The molecule has 1 unspecified atom stereocenters. The first-order valence-corrected chi connectivity index (χ1v) is 6.44. The van der Waals surface area contributed by atoms with Gasteiger partial charge in [-0.25, -0.2) is 0 Å². The fraction of sp³-hybridized carbons (Fsp3) is 0.357. The first-order valence-electron chi connectivity index (χ1n) is 6.06. The molecule has 0 saturated carbocycles. The average molecular weight is 264 g/mol. The number of hydrogen-bond acceptors (Lipinski definition) is 2. The smallest absolute Gasteiger partial charge is 0.0537 e. The molecule has 0 fully saturated rings. The van der Waals surface area contributed by atoms with Crippen LogP contribution in [0.25, 0.3) is 0 Å². The van der Waals surface area contributed by atoms with E-state index in [0.717, 1.165) is 5.02 Å². The molecule has 1 aromatic carbocycles. The summed E-state index contributed by atoms with van der Waals surface area (Å²) in [6.07, 6.45) is 3.93. The molecule has 4 heteroatoms. The Morgan fingerprint density at radius 2 is 1.72 bits per heavy atom. The monoisotopic (exact) mass is 263 g/mol. The van der Waals surface area contributed by atoms with E-state index >= 15 is 0 Å². The summed E-state index contributed by atoms with van der Waals surface area (Å²) in [7, 11) is 1.93. The van der Waals surface area contributed by atoms with Gasteiger partial charge in [-0.3, -0.25) is 4.68 Å². The predicted molar refractivity (Wildman–Crippen MR) is 74.6 cm³/mol. The van der Waals surface area contributed by atoms with Crippen molar-refractivity contribution in [1.29, 1.82) is 0 Å². The topological polar surface area (TPSA) is 29.9 Å². The molecule has 2 aromatic rings. The number of benzene rings is 1. The summed E-state index contributed by atoms with van der Waals surface area (Å²) in [5.41, 5.74) is 2.42. The van der Waals surface area contributed by atoms with E-state index in [-0.39, 0.29) is 12.1 Å². The molecule has 18 heavy (non-hydrogen) atoms. The molecule has 0 aliphatic heterocycles. The van der Waals surface area contributed by atoms with Crippen LogP contribution in [0.3, 0.4) is 0 Å². The Bertz CT molecular complexity index is 504.